The van der Waals surface area contributed by atoms with E-state index in [4.69, 9.17) is 8.23 Å². The van der Waals surface area contributed by atoms with Crippen LogP contribution < -0.4 is 0 Å². The van der Waals surface area contributed by atoms with E-state index in [9.17, 15) is 0 Å². The molecule has 0 saturated carbocycles. The van der Waals surface area contributed by atoms with Crippen molar-refractivity contribution in [2.24, 2.45) is 0 Å². The summed E-state index contributed by atoms with van der Waals surface area (Å²) in [7, 11) is -4.08. The number of rotatable bonds is 11. The maximum absolute atomic E-state index is 6.43. The average molecular weight is 318 g/mol. The Hall–Kier alpha value is 0.311. The molecule has 0 rings (SSSR count). The van der Waals surface area contributed by atoms with Crippen LogP contribution in [0.1, 0.15) is 32.1 Å². The van der Waals surface area contributed by atoms with Crippen molar-refractivity contribution in [2.45, 2.75) is 77.4 Å². The topological polar surface area (TPSA) is 18.5 Å². The first-order valence-corrected chi connectivity index (χ1v) is 15.8. The molecule has 0 aliphatic carbocycles. The molecule has 0 aliphatic heterocycles. The molecule has 5 heteroatoms. The van der Waals surface area contributed by atoms with Gasteiger partial charge in [0.25, 0.3) is 0 Å². The van der Waals surface area contributed by atoms with E-state index in [0.29, 0.717) is 0 Å². The van der Waals surface area contributed by atoms with E-state index in [0.717, 1.165) is 6.42 Å². The molecule has 0 N–H and O–H groups in total. The second-order valence-corrected chi connectivity index (χ2v) is 16.8. The molecule has 0 saturated heterocycles. The number of hydrogen-bond acceptors (Lipinski definition) is 2. The molecule has 0 atom stereocenters. The second-order valence-electron chi connectivity index (χ2n) is 6.51. The second kappa shape index (κ2) is 9.28. The summed E-state index contributed by atoms with van der Waals surface area (Å²) >= 11 is 0. The van der Waals surface area contributed by atoms with Crippen molar-refractivity contribution in [3.8, 4) is 0 Å². The van der Waals surface area contributed by atoms with E-state index in [1.165, 1.54) is 31.7 Å². The Labute approximate surface area is 124 Å². The van der Waals surface area contributed by atoms with Crippen LogP contribution in [-0.4, -0.2) is 25.9 Å². The highest BCUT2D eigenvalue weighted by Crippen LogP contribution is 2.22. The first-order chi connectivity index (χ1) is 8.68. The molecular formula is C14H33O2Si3. The Kier molecular flexibility index (Phi) is 9.44. The zero-order chi connectivity index (χ0) is 14.9. The smallest absolute Gasteiger partial charge is 0.311 e. The summed E-state index contributed by atoms with van der Waals surface area (Å²) in [5.41, 5.74) is 0. The fourth-order valence-electron chi connectivity index (χ4n) is 2.42. The van der Waals surface area contributed by atoms with E-state index in [2.05, 4.69) is 45.9 Å². The molecule has 0 bridgehead atoms. The summed E-state index contributed by atoms with van der Waals surface area (Å²) in [4.78, 5) is 0. The van der Waals surface area contributed by atoms with Gasteiger partial charge in [0.05, 0.1) is 0 Å². The van der Waals surface area contributed by atoms with Gasteiger partial charge in [-0.05, 0) is 58.2 Å². The maximum atomic E-state index is 6.43. The summed E-state index contributed by atoms with van der Waals surface area (Å²) < 4.78 is 12.5. The molecule has 0 heterocycles. The van der Waals surface area contributed by atoms with Crippen molar-refractivity contribution >= 4 is 25.9 Å². The lowest BCUT2D eigenvalue weighted by Gasteiger charge is -2.34. The first-order valence-electron chi connectivity index (χ1n) is 7.49. The van der Waals surface area contributed by atoms with Crippen LogP contribution in [0.25, 0.3) is 0 Å². The lowest BCUT2D eigenvalue weighted by atomic mass is 10.1. The third kappa shape index (κ3) is 11.8. The highest BCUT2D eigenvalue weighted by atomic mass is 28.5. The third-order valence-corrected chi connectivity index (χ3v) is 12.2. The predicted molar refractivity (Wildman–Crippen MR) is 92.7 cm³/mol. The molecule has 19 heavy (non-hydrogen) atoms. The molecule has 1 radical (unpaired) electrons. The minimum Gasteiger partial charge on any atom is -0.437 e. The quantitative estimate of drug-likeness (QED) is 0.292. The average Bonchev–Trinajstić information content (AvgIpc) is 2.19. The number of allylic oxidation sites excluding steroid dienone is 1. The normalized spacial score (nSPS) is 13.0. The van der Waals surface area contributed by atoms with Gasteiger partial charge in [-0.1, -0.05) is 25.3 Å². The number of hydrogen-bond donors (Lipinski definition) is 0. The van der Waals surface area contributed by atoms with Gasteiger partial charge in [0.2, 0.25) is 0 Å². The summed E-state index contributed by atoms with van der Waals surface area (Å²) in [5, 5.41) is 0. The van der Waals surface area contributed by atoms with Crippen molar-refractivity contribution < 1.29 is 8.23 Å². The van der Waals surface area contributed by atoms with E-state index in [1.54, 1.807) is 0 Å². The van der Waals surface area contributed by atoms with Crippen molar-refractivity contribution in [3.05, 3.63) is 12.7 Å². The molecule has 0 unspecified atom stereocenters. The first kappa shape index (κ1) is 19.3. The Morgan fingerprint density at radius 1 is 1.00 bits per heavy atom. The summed E-state index contributed by atoms with van der Waals surface area (Å²) in [5.74, 6) is 0. The lowest BCUT2D eigenvalue weighted by molar-refractivity contribution is 0.399. The minimum atomic E-state index is -1.89. The third-order valence-electron chi connectivity index (χ3n) is 2.91. The monoisotopic (exact) mass is 317 g/mol. The van der Waals surface area contributed by atoms with Crippen molar-refractivity contribution in [1.82, 2.24) is 0 Å². The minimum absolute atomic E-state index is 0.648. The Bertz CT molecular complexity index is 253. The van der Waals surface area contributed by atoms with Gasteiger partial charge < -0.3 is 8.23 Å². The molecular weight excluding hydrogens is 284 g/mol. The van der Waals surface area contributed by atoms with Crippen LogP contribution in [0, 0.1) is 0 Å². The standard InChI is InChI=1S/C14H33O2Si3/c1-8-9-10-11-12-13-14-18(4,5)16-19(6,7)15-17(2)3/h8H,1,9-14H2,2-7H3. The van der Waals surface area contributed by atoms with E-state index in [1.807, 2.05) is 6.08 Å². The zero-order valence-electron chi connectivity index (χ0n) is 13.8. The van der Waals surface area contributed by atoms with Crippen molar-refractivity contribution in [3.63, 3.8) is 0 Å². The lowest BCUT2D eigenvalue weighted by Crippen LogP contribution is -2.48. The van der Waals surface area contributed by atoms with Gasteiger partial charge in [0, 0.05) is 0 Å². The van der Waals surface area contributed by atoms with E-state index in [-0.39, 0.29) is 0 Å². The number of unbranched alkanes of at least 4 members (excludes halogenated alkanes) is 4. The maximum Gasteiger partial charge on any atom is 0.311 e. The van der Waals surface area contributed by atoms with Gasteiger partial charge in [0.15, 0.2) is 17.4 Å². The summed E-state index contributed by atoms with van der Waals surface area (Å²) in [6.07, 6.45) is 8.41. The summed E-state index contributed by atoms with van der Waals surface area (Å²) in [6, 6.07) is 1.26. The molecule has 0 aromatic heterocycles. The fourth-order valence-corrected chi connectivity index (χ4v) is 13.7. The molecule has 0 amide bonds. The van der Waals surface area contributed by atoms with Crippen LogP contribution in [0.2, 0.25) is 45.3 Å². The molecule has 0 aliphatic rings. The van der Waals surface area contributed by atoms with Crippen LogP contribution in [0.3, 0.4) is 0 Å². The van der Waals surface area contributed by atoms with Crippen LogP contribution >= 0.6 is 0 Å². The molecule has 2 nitrogen and oxygen atoms in total. The summed E-state index contributed by atoms with van der Waals surface area (Å²) in [6.45, 7) is 17.2. The van der Waals surface area contributed by atoms with Gasteiger partial charge in [0.1, 0.15) is 0 Å². The van der Waals surface area contributed by atoms with Gasteiger partial charge in [-0.3, -0.25) is 0 Å². The van der Waals surface area contributed by atoms with Gasteiger partial charge in [-0.2, -0.15) is 0 Å². The largest absolute Gasteiger partial charge is 0.437 e. The highest BCUT2D eigenvalue weighted by Gasteiger charge is 2.34. The van der Waals surface area contributed by atoms with Crippen LogP contribution in [0.15, 0.2) is 12.7 Å². The van der Waals surface area contributed by atoms with Crippen molar-refractivity contribution in [1.29, 1.82) is 0 Å². The van der Waals surface area contributed by atoms with Gasteiger partial charge >= 0.3 is 8.56 Å². The zero-order valence-corrected chi connectivity index (χ0v) is 16.8. The SMILES string of the molecule is C=CCCCCCC[Si](C)(C)O[Si](C)(C)O[Si](C)C. The van der Waals surface area contributed by atoms with Gasteiger partial charge in [-0.15, -0.1) is 6.58 Å². The molecule has 113 valence electrons. The molecule has 0 spiro atoms. The molecule has 0 aromatic carbocycles. The Balaban J connectivity index is 3.93. The molecule has 0 aromatic rings. The molecule has 0 fully saturated rings. The van der Waals surface area contributed by atoms with Gasteiger partial charge in [-0.25, -0.2) is 0 Å². The fraction of sp³-hybridized carbons (Fsp3) is 0.857. The van der Waals surface area contributed by atoms with Crippen LogP contribution in [0.5, 0.6) is 0 Å². The van der Waals surface area contributed by atoms with E-state index >= 15 is 0 Å². The van der Waals surface area contributed by atoms with Crippen molar-refractivity contribution in [2.75, 3.05) is 0 Å². The Morgan fingerprint density at radius 3 is 2.11 bits per heavy atom. The predicted octanol–water partition coefficient (Wildman–Crippen LogP) is 5.31. The van der Waals surface area contributed by atoms with Crippen LogP contribution in [0.4, 0.5) is 0 Å². The van der Waals surface area contributed by atoms with Crippen LogP contribution in [-0.2, 0) is 8.23 Å². The Morgan fingerprint density at radius 2 is 1.58 bits per heavy atom. The van der Waals surface area contributed by atoms with E-state index < -0.39 is 25.9 Å². The highest BCUT2D eigenvalue weighted by molar-refractivity contribution is 6.84.